The number of sulfonamides is 1. The molecule has 1 heterocycles. The number of likely N-dealkylation sites (tertiary alicyclic amines) is 1. The van der Waals surface area contributed by atoms with Gasteiger partial charge in [-0.05, 0) is 50.9 Å². The Morgan fingerprint density at radius 3 is 2.62 bits per heavy atom. The van der Waals surface area contributed by atoms with E-state index >= 15 is 0 Å². The van der Waals surface area contributed by atoms with E-state index in [-0.39, 0.29) is 10.6 Å². The van der Waals surface area contributed by atoms with Crippen molar-refractivity contribution in [1.82, 2.24) is 9.62 Å². The third kappa shape index (κ3) is 4.99. The lowest BCUT2D eigenvalue weighted by molar-refractivity contribution is -0.384. The number of nitrogens with zero attached hydrogens (tertiary/aromatic N) is 2. The average Bonchev–Trinajstić information content (AvgIpc) is 2.59. The van der Waals surface area contributed by atoms with Crippen molar-refractivity contribution in [3.63, 3.8) is 0 Å². The van der Waals surface area contributed by atoms with Gasteiger partial charge in [-0.3, -0.25) is 10.1 Å². The van der Waals surface area contributed by atoms with Gasteiger partial charge >= 0.3 is 0 Å². The largest absolute Gasteiger partial charge is 0.300 e. The van der Waals surface area contributed by atoms with Crippen LogP contribution in [0.2, 0.25) is 0 Å². The van der Waals surface area contributed by atoms with Gasteiger partial charge in [0.15, 0.2) is 0 Å². The van der Waals surface area contributed by atoms with E-state index < -0.39 is 14.9 Å². The van der Waals surface area contributed by atoms with Crippen LogP contribution < -0.4 is 4.72 Å². The first-order chi connectivity index (χ1) is 11.4. The highest BCUT2D eigenvalue weighted by Gasteiger charge is 2.20. The minimum Gasteiger partial charge on any atom is -0.300 e. The Labute approximate surface area is 143 Å². The van der Waals surface area contributed by atoms with Crippen LogP contribution in [-0.2, 0) is 10.0 Å². The van der Waals surface area contributed by atoms with Crippen LogP contribution in [0.3, 0.4) is 0 Å². The molecular weight excluding hydrogens is 330 g/mol. The second kappa shape index (κ2) is 8.55. The monoisotopic (exact) mass is 355 g/mol. The lowest BCUT2D eigenvalue weighted by atomic mass is 10.00. The molecule has 1 N–H and O–H groups in total. The Balaban J connectivity index is 1.83. The van der Waals surface area contributed by atoms with E-state index in [1.165, 1.54) is 43.5 Å². The maximum absolute atomic E-state index is 12.2. The highest BCUT2D eigenvalue weighted by Crippen LogP contribution is 2.19. The van der Waals surface area contributed by atoms with Gasteiger partial charge < -0.3 is 4.90 Å². The fourth-order valence-electron chi connectivity index (χ4n) is 3.14. The van der Waals surface area contributed by atoms with Gasteiger partial charge in [0.25, 0.3) is 5.69 Å². The third-order valence-corrected chi connectivity index (χ3v) is 5.97. The molecule has 2 rings (SSSR count). The smallest absolute Gasteiger partial charge is 0.269 e. The molecule has 1 atom stereocenters. The third-order valence-electron chi connectivity index (χ3n) is 4.49. The molecular formula is C16H25N3O4S. The average molecular weight is 355 g/mol. The molecule has 0 aromatic heterocycles. The summed E-state index contributed by atoms with van der Waals surface area (Å²) < 4.78 is 27.0. The molecule has 0 saturated carbocycles. The van der Waals surface area contributed by atoms with E-state index in [0.717, 1.165) is 25.9 Å². The van der Waals surface area contributed by atoms with Crippen LogP contribution in [0.5, 0.6) is 0 Å². The van der Waals surface area contributed by atoms with Gasteiger partial charge in [-0.25, -0.2) is 13.1 Å². The topological polar surface area (TPSA) is 92.6 Å². The number of hydrogen-bond donors (Lipinski definition) is 1. The number of nitro groups is 1. The molecule has 1 aliphatic heterocycles. The van der Waals surface area contributed by atoms with E-state index in [2.05, 4.69) is 16.5 Å². The van der Waals surface area contributed by atoms with Crippen LogP contribution in [0.1, 0.15) is 39.0 Å². The minimum absolute atomic E-state index is 0.0532. The van der Waals surface area contributed by atoms with Crippen molar-refractivity contribution < 1.29 is 13.3 Å². The molecule has 1 unspecified atom stereocenters. The lowest BCUT2D eigenvalue weighted by Crippen LogP contribution is -2.40. The molecule has 1 saturated heterocycles. The number of non-ortho nitro benzene ring substituents is 1. The van der Waals surface area contributed by atoms with E-state index in [9.17, 15) is 18.5 Å². The van der Waals surface area contributed by atoms with Crippen LogP contribution in [-0.4, -0.2) is 43.9 Å². The summed E-state index contributed by atoms with van der Waals surface area (Å²) in [6.45, 7) is 4.54. The summed E-state index contributed by atoms with van der Waals surface area (Å²) in [5.74, 6) is 0. The normalized spacial score (nSPS) is 19.3. The highest BCUT2D eigenvalue weighted by molar-refractivity contribution is 7.89. The first-order valence-electron chi connectivity index (χ1n) is 8.42. The molecule has 0 amide bonds. The van der Waals surface area contributed by atoms with Crippen molar-refractivity contribution in [2.75, 3.05) is 19.6 Å². The van der Waals surface area contributed by atoms with Crippen LogP contribution in [0, 0.1) is 10.1 Å². The molecule has 0 bridgehead atoms. The zero-order valence-electron chi connectivity index (χ0n) is 14.0. The van der Waals surface area contributed by atoms with Crippen LogP contribution in [0.15, 0.2) is 29.2 Å². The van der Waals surface area contributed by atoms with Crippen LogP contribution >= 0.6 is 0 Å². The number of nitrogens with one attached hydrogen (secondary N) is 1. The maximum Gasteiger partial charge on any atom is 0.269 e. The SMILES string of the molecule is CCC1CCCCN1CCCNS(=O)(=O)c1ccc([N+](=O)[O-])cc1. The number of benzene rings is 1. The zero-order chi connectivity index (χ0) is 17.6. The summed E-state index contributed by atoms with van der Waals surface area (Å²) in [7, 11) is -3.62. The quantitative estimate of drug-likeness (QED) is 0.439. The summed E-state index contributed by atoms with van der Waals surface area (Å²) >= 11 is 0. The van der Waals surface area contributed by atoms with E-state index in [4.69, 9.17) is 0 Å². The van der Waals surface area contributed by atoms with Crippen molar-refractivity contribution in [3.05, 3.63) is 34.4 Å². The van der Waals surface area contributed by atoms with Crippen molar-refractivity contribution in [2.24, 2.45) is 0 Å². The van der Waals surface area contributed by atoms with Gasteiger partial charge in [0.05, 0.1) is 9.82 Å². The molecule has 1 fully saturated rings. The Morgan fingerprint density at radius 2 is 2.00 bits per heavy atom. The van der Waals surface area contributed by atoms with Gasteiger partial charge in [-0.2, -0.15) is 0 Å². The van der Waals surface area contributed by atoms with Gasteiger partial charge in [0.2, 0.25) is 10.0 Å². The molecule has 0 radical (unpaired) electrons. The molecule has 7 nitrogen and oxygen atoms in total. The minimum atomic E-state index is -3.62. The first-order valence-corrected chi connectivity index (χ1v) is 9.90. The summed E-state index contributed by atoms with van der Waals surface area (Å²) in [6, 6.07) is 5.55. The van der Waals surface area contributed by atoms with E-state index in [1.54, 1.807) is 0 Å². The molecule has 24 heavy (non-hydrogen) atoms. The van der Waals surface area contributed by atoms with Crippen molar-refractivity contribution in [2.45, 2.75) is 50.0 Å². The summed E-state index contributed by atoms with van der Waals surface area (Å²) in [5, 5.41) is 10.6. The second-order valence-electron chi connectivity index (χ2n) is 6.10. The Hall–Kier alpha value is -1.51. The van der Waals surface area contributed by atoms with Crippen molar-refractivity contribution in [1.29, 1.82) is 0 Å². The fraction of sp³-hybridized carbons (Fsp3) is 0.625. The van der Waals surface area contributed by atoms with Gasteiger partial charge in [-0.15, -0.1) is 0 Å². The first kappa shape index (κ1) is 18.8. The standard InChI is InChI=1S/C16H25N3O4S/c1-2-14-6-3-4-12-18(14)13-5-11-17-24(22,23)16-9-7-15(8-10-16)19(20)21/h7-10,14,17H,2-6,11-13H2,1H3. The van der Waals surface area contributed by atoms with Crippen LogP contribution in [0.4, 0.5) is 5.69 Å². The predicted octanol–water partition coefficient (Wildman–Crippen LogP) is 2.53. The summed E-state index contributed by atoms with van der Waals surface area (Å²) in [6.07, 6.45) is 5.61. The van der Waals surface area contributed by atoms with Crippen molar-refractivity contribution in [3.8, 4) is 0 Å². The van der Waals surface area contributed by atoms with Crippen LogP contribution in [0.25, 0.3) is 0 Å². The van der Waals surface area contributed by atoms with Gasteiger partial charge in [0.1, 0.15) is 0 Å². The Bertz CT molecular complexity index is 646. The van der Waals surface area contributed by atoms with Gasteiger partial charge in [-0.1, -0.05) is 13.3 Å². The second-order valence-corrected chi connectivity index (χ2v) is 7.86. The predicted molar refractivity (Wildman–Crippen MR) is 92.4 cm³/mol. The number of rotatable bonds is 8. The summed E-state index contributed by atoms with van der Waals surface area (Å²) in [4.78, 5) is 12.6. The maximum atomic E-state index is 12.2. The highest BCUT2D eigenvalue weighted by atomic mass is 32.2. The van der Waals surface area contributed by atoms with E-state index in [1.807, 2.05) is 0 Å². The molecule has 1 aromatic rings. The zero-order valence-corrected chi connectivity index (χ0v) is 14.8. The van der Waals surface area contributed by atoms with Crippen molar-refractivity contribution >= 4 is 15.7 Å². The number of piperidine rings is 1. The van der Waals surface area contributed by atoms with E-state index in [0.29, 0.717) is 12.6 Å². The molecule has 1 aromatic carbocycles. The lowest BCUT2D eigenvalue weighted by Gasteiger charge is -2.35. The molecule has 1 aliphatic rings. The summed E-state index contributed by atoms with van der Waals surface area (Å²) in [5.41, 5.74) is -0.121. The molecule has 8 heteroatoms. The molecule has 134 valence electrons. The van der Waals surface area contributed by atoms with Gasteiger partial charge in [0, 0.05) is 24.7 Å². The molecule has 0 aliphatic carbocycles. The number of nitro benzene ring substituents is 1. The Kier molecular flexibility index (Phi) is 6.70. The Morgan fingerprint density at radius 1 is 1.29 bits per heavy atom. The molecule has 0 spiro atoms. The fourth-order valence-corrected chi connectivity index (χ4v) is 4.21. The number of hydrogen-bond acceptors (Lipinski definition) is 5.